The van der Waals surface area contributed by atoms with Crippen LogP contribution in [0.5, 0.6) is 0 Å². The van der Waals surface area contributed by atoms with Gasteiger partial charge in [0.1, 0.15) is 12.1 Å². The second-order valence-electron chi connectivity index (χ2n) is 5.41. The summed E-state index contributed by atoms with van der Waals surface area (Å²) < 4.78 is 13.0. The van der Waals surface area contributed by atoms with Crippen LogP contribution in [-0.4, -0.2) is 14.9 Å². The Morgan fingerprint density at radius 3 is 2.48 bits per heavy atom. The van der Waals surface area contributed by atoms with E-state index < -0.39 is 4.92 Å². The first-order valence-electron chi connectivity index (χ1n) is 7.64. The van der Waals surface area contributed by atoms with E-state index in [2.05, 4.69) is 20.6 Å². The fraction of sp³-hybridized carbons (Fsp3) is 0.0588. The Balaban J connectivity index is 1.89. The van der Waals surface area contributed by atoms with Gasteiger partial charge in [-0.3, -0.25) is 10.1 Å². The molecule has 0 amide bonds. The summed E-state index contributed by atoms with van der Waals surface area (Å²) in [7, 11) is 0. The lowest BCUT2D eigenvalue weighted by atomic mass is 10.2. The van der Waals surface area contributed by atoms with Crippen LogP contribution in [0.4, 0.5) is 27.4 Å². The topological polar surface area (TPSA) is 93.0 Å². The summed E-state index contributed by atoms with van der Waals surface area (Å²) in [5, 5.41) is 18.0. The normalized spacial score (nSPS) is 10.5. The molecule has 3 aromatic rings. The van der Waals surface area contributed by atoms with Gasteiger partial charge >= 0.3 is 5.69 Å². The molecule has 0 unspecified atom stereocenters. The Kier molecular flexibility index (Phi) is 5.68. The first-order valence-corrected chi connectivity index (χ1v) is 8.39. The molecule has 0 aliphatic rings. The number of nitro groups is 1. The average Bonchev–Trinajstić information content (AvgIpc) is 2.64. The maximum atomic E-state index is 13.0. The molecule has 3 rings (SSSR count). The summed E-state index contributed by atoms with van der Waals surface area (Å²) in [5.41, 5.74) is 0.753. The van der Waals surface area contributed by atoms with Gasteiger partial charge < -0.3 is 10.6 Å². The third-order valence-electron chi connectivity index (χ3n) is 3.56. The van der Waals surface area contributed by atoms with E-state index in [1.807, 2.05) is 0 Å². The summed E-state index contributed by atoms with van der Waals surface area (Å²) in [6.45, 7) is 0.218. The van der Waals surface area contributed by atoms with E-state index in [1.54, 1.807) is 24.3 Å². The largest absolute Gasteiger partial charge is 0.360 e. The van der Waals surface area contributed by atoms with Crippen molar-refractivity contribution in [3.05, 3.63) is 80.3 Å². The smallest absolute Gasteiger partial charge is 0.353 e. The molecule has 0 bridgehead atoms. The Bertz CT molecular complexity index is 986. The maximum absolute atomic E-state index is 13.0. The zero-order chi connectivity index (χ0) is 19.4. The third-order valence-corrected chi connectivity index (χ3v) is 4.12. The summed E-state index contributed by atoms with van der Waals surface area (Å²) in [6, 6.07) is 10.4. The number of halogens is 3. The first-order chi connectivity index (χ1) is 12.9. The molecule has 0 spiro atoms. The fourth-order valence-electron chi connectivity index (χ4n) is 2.28. The minimum atomic E-state index is -0.603. The first kappa shape index (κ1) is 18.8. The number of anilines is 3. The van der Waals surface area contributed by atoms with E-state index in [-0.39, 0.29) is 29.7 Å². The van der Waals surface area contributed by atoms with E-state index in [4.69, 9.17) is 23.2 Å². The predicted octanol–water partition coefficient (Wildman–Crippen LogP) is 5.19. The number of benzene rings is 2. The quantitative estimate of drug-likeness (QED) is 0.431. The Morgan fingerprint density at radius 1 is 1.07 bits per heavy atom. The zero-order valence-electron chi connectivity index (χ0n) is 13.6. The second-order valence-corrected chi connectivity index (χ2v) is 6.25. The monoisotopic (exact) mass is 407 g/mol. The van der Waals surface area contributed by atoms with Gasteiger partial charge in [-0.15, -0.1) is 0 Å². The molecule has 0 aliphatic carbocycles. The molecular formula is C17H12Cl2FN5O2. The minimum absolute atomic E-state index is 0.0139. The van der Waals surface area contributed by atoms with Crippen LogP contribution in [0.15, 0.2) is 48.8 Å². The highest BCUT2D eigenvalue weighted by Gasteiger charge is 2.23. The Morgan fingerprint density at radius 2 is 1.78 bits per heavy atom. The van der Waals surface area contributed by atoms with Crippen molar-refractivity contribution in [2.45, 2.75) is 6.54 Å². The van der Waals surface area contributed by atoms with Crippen molar-refractivity contribution in [1.29, 1.82) is 0 Å². The summed E-state index contributed by atoms with van der Waals surface area (Å²) >= 11 is 12.0. The van der Waals surface area contributed by atoms with Crippen LogP contribution < -0.4 is 10.6 Å². The zero-order valence-corrected chi connectivity index (χ0v) is 15.1. The summed E-state index contributed by atoms with van der Waals surface area (Å²) in [5.74, 6) is -0.391. The summed E-state index contributed by atoms with van der Waals surface area (Å²) in [4.78, 5) is 18.9. The number of nitrogens with zero attached hydrogens (tertiary/aromatic N) is 3. The molecule has 0 saturated heterocycles. The van der Waals surface area contributed by atoms with Crippen LogP contribution in [0.3, 0.4) is 0 Å². The van der Waals surface area contributed by atoms with Gasteiger partial charge in [-0.25, -0.2) is 14.4 Å². The van der Waals surface area contributed by atoms with Crippen molar-refractivity contribution >= 4 is 46.2 Å². The number of rotatable bonds is 6. The van der Waals surface area contributed by atoms with Crippen LogP contribution in [-0.2, 0) is 6.54 Å². The van der Waals surface area contributed by atoms with E-state index >= 15 is 0 Å². The van der Waals surface area contributed by atoms with Gasteiger partial charge in [0.05, 0.1) is 15.6 Å². The van der Waals surface area contributed by atoms with Crippen LogP contribution in [0.25, 0.3) is 0 Å². The van der Waals surface area contributed by atoms with Gasteiger partial charge in [0.25, 0.3) is 0 Å². The predicted molar refractivity (Wildman–Crippen MR) is 102 cm³/mol. The van der Waals surface area contributed by atoms with Crippen molar-refractivity contribution < 1.29 is 9.31 Å². The average molecular weight is 408 g/mol. The van der Waals surface area contributed by atoms with Gasteiger partial charge in [-0.05, 0) is 35.9 Å². The number of nitrogens with one attached hydrogen (secondary N) is 2. The highest BCUT2D eigenvalue weighted by molar-refractivity contribution is 6.35. The van der Waals surface area contributed by atoms with Crippen LogP contribution >= 0.6 is 23.2 Å². The van der Waals surface area contributed by atoms with Gasteiger partial charge in [-0.1, -0.05) is 35.3 Å². The van der Waals surface area contributed by atoms with Crippen molar-refractivity contribution in [3.8, 4) is 0 Å². The molecule has 0 radical (unpaired) electrons. The van der Waals surface area contributed by atoms with E-state index in [0.29, 0.717) is 15.7 Å². The highest BCUT2D eigenvalue weighted by atomic mass is 35.5. The molecule has 10 heteroatoms. The van der Waals surface area contributed by atoms with E-state index in [1.165, 1.54) is 24.5 Å². The molecular weight excluding hydrogens is 396 g/mol. The molecule has 2 N–H and O–H groups in total. The molecule has 2 aromatic carbocycles. The molecule has 0 fully saturated rings. The summed E-state index contributed by atoms with van der Waals surface area (Å²) in [6.07, 6.45) is 1.18. The second kappa shape index (κ2) is 8.15. The number of hydrogen-bond acceptors (Lipinski definition) is 6. The molecule has 0 atom stereocenters. The van der Waals surface area contributed by atoms with Crippen molar-refractivity contribution in [3.63, 3.8) is 0 Å². The lowest BCUT2D eigenvalue weighted by molar-refractivity contribution is -0.383. The number of hydrogen-bond donors (Lipinski definition) is 2. The van der Waals surface area contributed by atoms with Gasteiger partial charge in [0, 0.05) is 11.6 Å². The maximum Gasteiger partial charge on any atom is 0.353 e. The number of aromatic nitrogens is 2. The SMILES string of the molecule is O=[N+]([O-])c1c(NCc2ccc(F)cc2)ncnc1Nc1cc(Cl)ccc1Cl. The fourth-order valence-corrected chi connectivity index (χ4v) is 2.62. The lowest BCUT2D eigenvalue weighted by Crippen LogP contribution is -2.08. The Labute approximate surface area is 163 Å². The van der Waals surface area contributed by atoms with Crippen LogP contribution in [0.2, 0.25) is 10.0 Å². The molecule has 27 heavy (non-hydrogen) atoms. The van der Waals surface area contributed by atoms with Crippen LogP contribution in [0.1, 0.15) is 5.56 Å². The van der Waals surface area contributed by atoms with E-state index in [9.17, 15) is 14.5 Å². The van der Waals surface area contributed by atoms with Gasteiger partial charge in [0.2, 0.25) is 11.6 Å². The molecule has 138 valence electrons. The Hall–Kier alpha value is -2.97. The highest BCUT2D eigenvalue weighted by Crippen LogP contribution is 2.34. The molecule has 0 saturated carbocycles. The third kappa shape index (κ3) is 4.60. The lowest BCUT2D eigenvalue weighted by Gasteiger charge is -2.11. The standard InChI is InChI=1S/C17H12Cl2FN5O2/c18-11-3-6-13(19)14(7-11)24-17-15(25(26)27)16(22-9-23-17)21-8-10-1-4-12(20)5-2-10/h1-7,9H,8H2,(H2,21,22,23,24). The van der Waals surface area contributed by atoms with E-state index in [0.717, 1.165) is 5.56 Å². The van der Waals surface area contributed by atoms with Gasteiger partial charge in [0.15, 0.2) is 0 Å². The van der Waals surface area contributed by atoms with Crippen molar-refractivity contribution in [1.82, 2.24) is 9.97 Å². The van der Waals surface area contributed by atoms with Crippen molar-refractivity contribution in [2.24, 2.45) is 0 Å². The minimum Gasteiger partial charge on any atom is -0.360 e. The van der Waals surface area contributed by atoms with Crippen molar-refractivity contribution in [2.75, 3.05) is 10.6 Å². The molecule has 1 heterocycles. The molecule has 7 nitrogen and oxygen atoms in total. The van der Waals surface area contributed by atoms with Gasteiger partial charge in [-0.2, -0.15) is 0 Å². The molecule has 1 aromatic heterocycles. The van der Waals surface area contributed by atoms with Crippen LogP contribution in [0, 0.1) is 15.9 Å². The molecule has 0 aliphatic heterocycles.